The van der Waals surface area contributed by atoms with Crippen molar-refractivity contribution in [3.63, 3.8) is 0 Å². The molecule has 4 unspecified atom stereocenters. The van der Waals surface area contributed by atoms with E-state index in [1.165, 1.54) is 11.1 Å². The summed E-state index contributed by atoms with van der Waals surface area (Å²) in [5.41, 5.74) is 2.92. The number of carbonyl (C=O) groups is 2. The molecule has 3 aliphatic heterocycles. The van der Waals surface area contributed by atoms with Gasteiger partial charge in [0.25, 0.3) is 0 Å². The third kappa shape index (κ3) is 10.7. The molecule has 3 heterocycles. The van der Waals surface area contributed by atoms with Crippen molar-refractivity contribution in [3.8, 4) is 0 Å². The highest BCUT2D eigenvalue weighted by atomic mass is 32.2. The number of cyclic esters (lactones) is 1. The maximum absolute atomic E-state index is 11.1. The molecule has 1 N–H and O–H groups in total. The Morgan fingerprint density at radius 2 is 1.55 bits per heavy atom. The highest BCUT2D eigenvalue weighted by molar-refractivity contribution is 7.91. The average Bonchev–Trinajstić information content (AvgIpc) is 3.59. The van der Waals surface area contributed by atoms with Gasteiger partial charge in [-0.05, 0) is 74.3 Å². The summed E-state index contributed by atoms with van der Waals surface area (Å²) >= 11 is 0. The fraction of sp³-hybridized carbons (Fsp3) is 0.765. The summed E-state index contributed by atoms with van der Waals surface area (Å²) in [7, 11) is -2.60. The molecular formula is C34H57NO6S. The number of aliphatic hydroxyl groups excluding tert-OH is 1. The van der Waals surface area contributed by atoms with Gasteiger partial charge in [-0.2, -0.15) is 0 Å². The van der Waals surface area contributed by atoms with Gasteiger partial charge in [-0.1, -0.05) is 72.7 Å². The zero-order valence-corrected chi connectivity index (χ0v) is 28.6. The zero-order chi connectivity index (χ0) is 32.1. The van der Waals surface area contributed by atoms with E-state index in [1.54, 1.807) is 0 Å². The molecule has 3 fully saturated rings. The lowest BCUT2D eigenvalue weighted by Gasteiger charge is -2.31. The summed E-state index contributed by atoms with van der Waals surface area (Å²) in [5, 5.41) is 10.0. The number of esters is 1. The van der Waals surface area contributed by atoms with Crippen molar-refractivity contribution in [3.05, 3.63) is 35.4 Å². The first-order valence-corrected chi connectivity index (χ1v) is 17.4. The van der Waals surface area contributed by atoms with Gasteiger partial charge in [0.1, 0.15) is 0 Å². The molecule has 0 aromatic heterocycles. The summed E-state index contributed by atoms with van der Waals surface area (Å²) in [6.07, 6.45) is 4.16. The summed E-state index contributed by atoms with van der Waals surface area (Å²) in [6.45, 7) is 22.6. The lowest BCUT2D eigenvalue weighted by atomic mass is 9.76. The van der Waals surface area contributed by atoms with Crippen LogP contribution in [0.1, 0.15) is 112 Å². The lowest BCUT2D eigenvalue weighted by Crippen LogP contribution is -2.41. The Labute approximate surface area is 255 Å². The number of hydrogen-bond donors (Lipinski definition) is 1. The predicted octanol–water partition coefficient (Wildman–Crippen LogP) is 6.18. The molecule has 42 heavy (non-hydrogen) atoms. The Balaban J connectivity index is 0.000000200. The fourth-order valence-electron chi connectivity index (χ4n) is 6.24. The minimum absolute atomic E-state index is 0.0208. The Hall–Kier alpha value is -1.93. The summed E-state index contributed by atoms with van der Waals surface area (Å²) in [6, 6.07) is 8.40. The molecule has 4 atom stereocenters. The molecule has 0 radical (unpaired) electrons. The van der Waals surface area contributed by atoms with Crippen LogP contribution in [0.4, 0.5) is 0 Å². The van der Waals surface area contributed by atoms with Gasteiger partial charge in [0.05, 0.1) is 30.1 Å². The Morgan fingerprint density at radius 1 is 0.929 bits per heavy atom. The number of rotatable bonds is 0. The van der Waals surface area contributed by atoms with Crippen LogP contribution >= 0.6 is 0 Å². The fourth-order valence-corrected chi connectivity index (χ4v) is 8.20. The van der Waals surface area contributed by atoms with E-state index in [9.17, 15) is 23.1 Å². The Bertz CT molecular complexity index is 1120. The van der Waals surface area contributed by atoms with Gasteiger partial charge in [0, 0.05) is 24.4 Å². The van der Waals surface area contributed by atoms with Gasteiger partial charge in [-0.25, -0.2) is 8.42 Å². The van der Waals surface area contributed by atoms with Crippen molar-refractivity contribution in [1.29, 1.82) is 0 Å². The van der Waals surface area contributed by atoms with Gasteiger partial charge in [-0.3, -0.25) is 9.59 Å². The van der Waals surface area contributed by atoms with Crippen LogP contribution in [0.15, 0.2) is 24.3 Å². The van der Waals surface area contributed by atoms with E-state index in [-0.39, 0.29) is 34.4 Å². The Kier molecular flexibility index (Phi) is 12.3. The molecule has 1 aromatic rings. The maximum Gasteiger partial charge on any atom is 0.309 e. The first kappa shape index (κ1) is 36.3. The third-order valence-electron chi connectivity index (χ3n) is 8.46. The standard InChI is InChI=1S/C13H18O.C8H15NO.C8H14O2.C5H10O2S/c1-13(2,3)12-10-7-5-4-6-9(10)8-11(12)14;1-8(2,3)9-6-4-5-7(9)10;1-8(2,3)6-4-5-10-7(6)9;1-5-2-3-8(6,7)4-5/h4-7,11-12,14H,8H2,1-3H3;4-6H2,1-3H3;6H,4-5H2,1-3H3;5H,2-4H2,1H3. The highest BCUT2D eigenvalue weighted by Gasteiger charge is 2.39. The predicted molar refractivity (Wildman–Crippen MR) is 170 cm³/mol. The quantitative estimate of drug-likeness (QED) is 0.354. The second kappa shape index (κ2) is 14.2. The Morgan fingerprint density at radius 3 is 1.88 bits per heavy atom. The van der Waals surface area contributed by atoms with Crippen LogP contribution in [0.25, 0.3) is 0 Å². The maximum atomic E-state index is 11.1. The zero-order valence-electron chi connectivity index (χ0n) is 27.8. The minimum atomic E-state index is -2.60. The number of carbonyl (C=O) groups excluding carboxylic acids is 2. The van der Waals surface area contributed by atoms with E-state index >= 15 is 0 Å². The molecule has 1 aliphatic carbocycles. The van der Waals surface area contributed by atoms with E-state index in [0.29, 0.717) is 35.9 Å². The molecule has 0 saturated carbocycles. The van der Waals surface area contributed by atoms with Crippen LogP contribution in [-0.4, -0.2) is 66.6 Å². The summed E-state index contributed by atoms with van der Waals surface area (Å²) in [5.74, 6) is 1.92. The normalized spacial score (nSPS) is 26.7. The van der Waals surface area contributed by atoms with Gasteiger partial charge in [0.2, 0.25) is 5.91 Å². The number of amides is 1. The molecular weight excluding hydrogens is 550 g/mol. The first-order valence-electron chi connectivity index (χ1n) is 15.6. The number of sulfone groups is 1. The van der Waals surface area contributed by atoms with Crippen LogP contribution in [-0.2, 0) is 30.6 Å². The molecule has 240 valence electrons. The number of hydrogen-bond acceptors (Lipinski definition) is 6. The smallest absolute Gasteiger partial charge is 0.309 e. The van der Waals surface area contributed by atoms with Crippen LogP contribution < -0.4 is 0 Å². The van der Waals surface area contributed by atoms with Crippen molar-refractivity contribution < 1.29 is 27.9 Å². The number of fused-ring (bicyclic) bond motifs is 1. The molecule has 0 spiro atoms. The van der Waals surface area contributed by atoms with Crippen molar-refractivity contribution in [2.45, 2.75) is 119 Å². The second-order valence-corrected chi connectivity index (χ2v) is 17.7. The SMILES string of the molecule is CC(C)(C)C1CCOC1=O.CC(C)(C)C1c2ccccc2CC1O.CC(C)(C)N1CCCC1=O.CC1CCS(=O)(=O)C1. The molecule has 1 amide bonds. The number of benzene rings is 1. The highest BCUT2D eigenvalue weighted by Crippen LogP contribution is 2.44. The molecule has 5 rings (SSSR count). The third-order valence-corrected chi connectivity index (χ3v) is 10.4. The van der Waals surface area contributed by atoms with Gasteiger partial charge in [-0.15, -0.1) is 0 Å². The molecule has 3 saturated heterocycles. The van der Waals surface area contributed by atoms with E-state index in [4.69, 9.17) is 4.74 Å². The molecule has 1 aromatic carbocycles. The second-order valence-electron chi connectivity index (χ2n) is 15.5. The van der Waals surface area contributed by atoms with Crippen LogP contribution in [0.5, 0.6) is 0 Å². The summed E-state index contributed by atoms with van der Waals surface area (Å²) < 4.78 is 26.1. The van der Waals surface area contributed by atoms with Crippen LogP contribution in [0, 0.1) is 22.7 Å². The van der Waals surface area contributed by atoms with Crippen LogP contribution in [0.3, 0.4) is 0 Å². The van der Waals surface area contributed by atoms with Gasteiger partial charge >= 0.3 is 5.97 Å². The average molecular weight is 608 g/mol. The van der Waals surface area contributed by atoms with Crippen molar-refractivity contribution in [2.75, 3.05) is 24.7 Å². The number of nitrogens with zero attached hydrogens (tertiary/aromatic N) is 1. The van der Waals surface area contributed by atoms with Crippen LogP contribution in [0.2, 0.25) is 0 Å². The van der Waals surface area contributed by atoms with Gasteiger partial charge in [0.15, 0.2) is 9.84 Å². The van der Waals surface area contributed by atoms with Crippen molar-refractivity contribution in [1.82, 2.24) is 4.90 Å². The van der Waals surface area contributed by atoms with E-state index in [2.05, 4.69) is 86.6 Å². The van der Waals surface area contributed by atoms with E-state index in [0.717, 1.165) is 38.6 Å². The number of likely N-dealkylation sites (tertiary alicyclic amines) is 1. The molecule has 4 aliphatic rings. The monoisotopic (exact) mass is 607 g/mol. The summed E-state index contributed by atoms with van der Waals surface area (Å²) in [4.78, 5) is 24.1. The van der Waals surface area contributed by atoms with E-state index in [1.807, 2.05) is 11.8 Å². The first-order chi connectivity index (χ1) is 19.1. The molecule has 7 nitrogen and oxygen atoms in total. The molecule has 0 bridgehead atoms. The van der Waals surface area contributed by atoms with Gasteiger partial charge < -0.3 is 14.7 Å². The number of aliphatic hydroxyl groups is 1. The lowest BCUT2D eigenvalue weighted by molar-refractivity contribution is -0.143. The number of ether oxygens (including phenoxy) is 1. The largest absolute Gasteiger partial charge is 0.465 e. The van der Waals surface area contributed by atoms with Crippen molar-refractivity contribution in [2.24, 2.45) is 22.7 Å². The molecule has 8 heteroatoms. The van der Waals surface area contributed by atoms with Crippen molar-refractivity contribution >= 4 is 21.7 Å². The van der Waals surface area contributed by atoms with E-state index < -0.39 is 9.84 Å². The topological polar surface area (TPSA) is 101 Å². The minimum Gasteiger partial charge on any atom is -0.465 e.